The van der Waals surface area contributed by atoms with E-state index >= 15 is 0 Å². The molecule has 4 nitrogen and oxygen atoms in total. The summed E-state index contributed by atoms with van der Waals surface area (Å²) < 4.78 is 0. The lowest BCUT2D eigenvalue weighted by atomic mass is 10.0. The van der Waals surface area contributed by atoms with Gasteiger partial charge in [0.2, 0.25) is 5.91 Å². The summed E-state index contributed by atoms with van der Waals surface area (Å²) in [6.45, 7) is 9.89. The van der Waals surface area contributed by atoms with E-state index in [9.17, 15) is 9.59 Å². The number of aliphatic carboxylic acids is 1. The first-order chi connectivity index (χ1) is 7.20. The van der Waals surface area contributed by atoms with E-state index in [0.29, 0.717) is 0 Å². The number of hydrogen-bond donors (Lipinski definition) is 1. The average molecular weight is 229 g/mol. The van der Waals surface area contributed by atoms with Crippen LogP contribution in [0.3, 0.4) is 0 Å². The first-order valence-electron chi connectivity index (χ1n) is 5.73. The van der Waals surface area contributed by atoms with Gasteiger partial charge in [0.25, 0.3) is 0 Å². The van der Waals surface area contributed by atoms with E-state index in [1.165, 1.54) is 0 Å². The molecule has 1 N–H and O–H groups in total. The summed E-state index contributed by atoms with van der Waals surface area (Å²) in [6, 6.07) is 0. The number of rotatable bonds is 5. The Hall–Kier alpha value is -1.06. The lowest BCUT2D eigenvalue weighted by Gasteiger charge is -2.37. The number of hydrogen-bond acceptors (Lipinski definition) is 2. The third-order valence-corrected chi connectivity index (χ3v) is 2.66. The first kappa shape index (κ1) is 14.9. The van der Waals surface area contributed by atoms with E-state index in [4.69, 9.17) is 5.11 Å². The van der Waals surface area contributed by atoms with Crippen molar-refractivity contribution < 1.29 is 14.7 Å². The first-order valence-corrected chi connectivity index (χ1v) is 5.73. The minimum Gasteiger partial charge on any atom is -0.481 e. The van der Waals surface area contributed by atoms with Gasteiger partial charge < -0.3 is 10.0 Å². The minimum absolute atomic E-state index is 0.000551. The number of carboxylic acids is 1. The predicted octanol–water partition coefficient (Wildman–Crippen LogP) is 2.13. The second kappa shape index (κ2) is 5.87. The Labute approximate surface area is 97.6 Å². The van der Waals surface area contributed by atoms with Crippen molar-refractivity contribution in [3.63, 3.8) is 0 Å². The molecule has 0 rings (SSSR count). The molecular formula is C12H23NO3. The van der Waals surface area contributed by atoms with E-state index in [0.717, 1.165) is 6.42 Å². The standard InChI is InChI=1S/C12H23NO3/c1-6-9(2)11(16)13(12(3,4)5)8-7-10(14)15/h9H,6-8H2,1-5H3,(H,14,15). The van der Waals surface area contributed by atoms with Crippen LogP contribution in [0.4, 0.5) is 0 Å². The predicted molar refractivity (Wildman–Crippen MR) is 63.2 cm³/mol. The van der Waals surface area contributed by atoms with Gasteiger partial charge in [-0.15, -0.1) is 0 Å². The third-order valence-electron chi connectivity index (χ3n) is 2.66. The average Bonchev–Trinajstić information content (AvgIpc) is 2.13. The zero-order valence-electron chi connectivity index (χ0n) is 10.9. The van der Waals surface area contributed by atoms with Crippen LogP contribution in [-0.2, 0) is 9.59 Å². The number of nitrogens with zero attached hydrogens (tertiary/aromatic N) is 1. The van der Waals surface area contributed by atoms with Crippen LogP contribution < -0.4 is 0 Å². The maximum atomic E-state index is 12.1. The van der Waals surface area contributed by atoms with Gasteiger partial charge in [-0.25, -0.2) is 0 Å². The van der Waals surface area contributed by atoms with E-state index in [1.54, 1.807) is 4.90 Å². The number of carbonyl (C=O) groups is 2. The van der Waals surface area contributed by atoms with Gasteiger partial charge in [-0.05, 0) is 27.2 Å². The van der Waals surface area contributed by atoms with Crippen molar-refractivity contribution in [2.45, 2.75) is 53.0 Å². The molecule has 0 bridgehead atoms. The number of carbonyl (C=O) groups excluding carboxylic acids is 1. The fraction of sp³-hybridized carbons (Fsp3) is 0.833. The Morgan fingerprint density at radius 3 is 2.12 bits per heavy atom. The molecule has 0 aromatic carbocycles. The molecule has 0 aromatic rings. The van der Waals surface area contributed by atoms with Crippen LogP contribution in [-0.4, -0.2) is 34.0 Å². The highest BCUT2D eigenvalue weighted by Crippen LogP contribution is 2.18. The van der Waals surface area contributed by atoms with Gasteiger partial charge >= 0.3 is 5.97 Å². The van der Waals surface area contributed by atoms with Crippen molar-refractivity contribution in [2.24, 2.45) is 5.92 Å². The van der Waals surface area contributed by atoms with Crippen LogP contribution in [0.25, 0.3) is 0 Å². The molecule has 0 aliphatic carbocycles. The van der Waals surface area contributed by atoms with Crippen molar-refractivity contribution in [1.29, 1.82) is 0 Å². The summed E-state index contributed by atoms with van der Waals surface area (Å²) in [6.07, 6.45) is 0.776. The third kappa shape index (κ3) is 4.64. The van der Waals surface area contributed by atoms with Crippen LogP contribution in [0.1, 0.15) is 47.5 Å². The molecule has 0 aromatic heterocycles. The summed E-state index contributed by atoms with van der Waals surface area (Å²) in [7, 11) is 0. The van der Waals surface area contributed by atoms with Crippen LogP contribution in [0.2, 0.25) is 0 Å². The molecule has 0 aliphatic heterocycles. The van der Waals surface area contributed by atoms with Crippen molar-refractivity contribution in [3.8, 4) is 0 Å². The summed E-state index contributed by atoms with van der Waals surface area (Å²) in [5, 5.41) is 8.67. The molecule has 1 atom stereocenters. The normalized spacial score (nSPS) is 13.3. The zero-order chi connectivity index (χ0) is 12.9. The van der Waals surface area contributed by atoms with E-state index in [-0.39, 0.29) is 30.3 Å². The molecule has 16 heavy (non-hydrogen) atoms. The van der Waals surface area contributed by atoms with E-state index < -0.39 is 5.97 Å². The fourth-order valence-electron chi connectivity index (χ4n) is 1.42. The van der Waals surface area contributed by atoms with E-state index in [1.807, 2.05) is 34.6 Å². The van der Waals surface area contributed by atoms with Gasteiger partial charge in [0.1, 0.15) is 0 Å². The van der Waals surface area contributed by atoms with Gasteiger partial charge in [-0.1, -0.05) is 13.8 Å². The van der Waals surface area contributed by atoms with Crippen LogP contribution in [0, 0.1) is 5.92 Å². The molecule has 0 spiro atoms. The van der Waals surface area contributed by atoms with Gasteiger partial charge in [0.05, 0.1) is 6.42 Å². The molecule has 0 radical (unpaired) electrons. The molecule has 94 valence electrons. The van der Waals surface area contributed by atoms with Crippen molar-refractivity contribution in [3.05, 3.63) is 0 Å². The van der Waals surface area contributed by atoms with E-state index in [2.05, 4.69) is 0 Å². The Balaban J connectivity index is 4.68. The molecule has 4 heteroatoms. The number of carboxylic acid groups (broad SMARTS) is 1. The lowest BCUT2D eigenvalue weighted by Crippen LogP contribution is -2.48. The molecule has 1 amide bonds. The van der Waals surface area contributed by atoms with Gasteiger partial charge in [0, 0.05) is 18.0 Å². The minimum atomic E-state index is -0.869. The quantitative estimate of drug-likeness (QED) is 0.785. The summed E-state index contributed by atoms with van der Waals surface area (Å²) in [4.78, 5) is 24.3. The summed E-state index contributed by atoms with van der Waals surface area (Å²) in [5.74, 6) is -0.879. The highest BCUT2D eigenvalue weighted by molar-refractivity contribution is 5.79. The van der Waals surface area contributed by atoms with Crippen molar-refractivity contribution in [2.75, 3.05) is 6.54 Å². The molecule has 1 unspecified atom stereocenters. The second-order valence-electron chi connectivity index (χ2n) is 5.11. The van der Waals surface area contributed by atoms with Crippen LogP contribution >= 0.6 is 0 Å². The van der Waals surface area contributed by atoms with Gasteiger partial charge in [0.15, 0.2) is 0 Å². The van der Waals surface area contributed by atoms with Crippen molar-refractivity contribution >= 4 is 11.9 Å². The van der Waals surface area contributed by atoms with Crippen LogP contribution in [0.5, 0.6) is 0 Å². The van der Waals surface area contributed by atoms with Gasteiger partial charge in [-0.3, -0.25) is 9.59 Å². The number of amides is 1. The van der Waals surface area contributed by atoms with Gasteiger partial charge in [-0.2, -0.15) is 0 Å². The second-order valence-corrected chi connectivity index (χ2v) is 5.11. The molecular weight excluding hydrogens is 206 g/mol. The van der Waals surface area contributed by atoms with Crippen molar-refractivity contribution in [1.82, 2.24) is 4.90 Å². The topological polar surface area (TPSA) is 57.6 Å². The monoisotopic (exact) mass is 229 g/mol. The highest BCUT2D eigenvalue weighted by Gasteiger charge is 2.29. The summed E-state index contributed by atoms with van der Waals surface area (Å²) in [5.41, 5.74) is -0.323. The molecule has 0 heterocycles. The highest BCUT2D eigenvalue weighted by atomic mass is 16.4. The molecule has 0 fully saturated rings. The Bertz CT molecular complexity index is 255. The Morgan fingerprint density at radius 1 is 1.31 bits per heavy atom. The Morgan fingerprint density at radius 2 is 1.81 bits per heavy atom. The molecule has 0 aliphatic rings. The lowest BCUT2D eigenvalue weighted by molar-refractivity contribution is -0.142. The smallest absolute Gasteiger partial charge is 0.305 e. The SMILES string of the molecule is CCC(C)C(=O)N(CCC(=O)O)C(C)(C)C. The largest absolute Gasteiger partial charge is 0.481 e. The zero-order valence-corrected chi connectivity index (χ0v) is 10.9. The summed E-state index contributed by atoms with van der Waals surface area (Å²) >= 11 is 0. The molecule has 0 saturated heterocycles. The fourth-order valence-corrected chi connectivity index (χ4v) is 1.42. The maximum absolute atomic E-state index is 12.1. The molecule has 0 saturated carbocycles. The van der Waals surface area contributed by atoms with Crippen LogP contribution in [0.15, 0.2) is 0 Å². The Kier molecular flexibility index (Phi) is 5.48. The maximum Gasteiger partial charge on any atom is 0.305 e.